The summed E-state index contributed by atoms with van der Waals surface area (Å²) >= 11 is 0. The first-order valence-electron chi connectivity index (χ1n) is 11.6. The standard InChI is InChI=1S/C24H31FN6O4/c1-24(2,3)35-23(32)30-10-7-8-16(15-30)27-21-19(25)22(34-13-12-33-4)29-20(28-21)17-14-26-31-11-6-5-9-18(17)31/h5-6,9,11,14,16H,7-8,10,12-13,15H2,1-4H3,(H,27,28,29)/t16-/m1/s1. The van der Waals surface area contributed by atoms with Crippen molar-refractivity contribution >= 4 is 17.4 Å². The number of hydrogen-bond acceptors (Lipinski definition) is 8. The number of pyridine rings is 1. The number of piperidine rings is 1. The largest absolute Gasteiger partial charge is 0.473 e. The van der Waals surface area contributed by atoms with E-state index in [2.05, 4.69) is 20.4 Å². The summed E-state index contributed by atoms with van der Waals surface area (Å²) in [5, 5.41) is 7.49. The van der Waals surface area contributed by atoms with Crippen molar-refractivity contribution in [2.24, 2.45) is 0 Å². The lowest BCUT2D eigenvalue weighted by atomic mass is 10.1. The second-order valence-corrected chi connectivity index (χ2v) is 9.35. The number of carbonyl (C=O) groups is 1. The van der Waals surface area contributed by atoms with Crippen LogP contribution >= 0.6 is 0 Å². The van der Waals surface area contributed by atoms with Crippen molar-refractivity contribution in [2.75, 3.05) is 38.7 Å². The van der Waals surface area contributed by atoms with Crippen LogP contribution in [0.3, 0.4) is 0 Å². The first kappa shape index (κ1) is 24.6. The van der Waals surface area contributed by atoms with E-state index in [1.165, 1.54) is 7.11 Å². The Bertz CT molecular complexity index is 1180. The van der Waals surface area contributed by atoms with Crippen molar-refractivity contribution in [1.29, 1.82) is 0 Å². The number of anilines is 1. The maximum atomic E-state index is 15.4. The van der Waals surface area contributed by atoms with Crippen LogP contribution < -0.4 is 10.1 Å². The summed E-state index contributed by atoms with van der Waals surface area (Å²) < 4.78 is 33.2. The van der Waals surface area contributed by atoms with E-state index in [0.717, 1.165) is 18.4 Å². The molecule has 3 aromatic heterocycles. The fraction of sp³-hybridized carbons (Fsp3) is 0.500. The number of carbonyl (C=O) groups excluding carboxylic acids is 1. The highest BCUT2D eigenvalue weighted by molar-refractivity contribution is 5.76. The smallest absolute Gasteiger partial charge is 0.410 e. The van der Waals surface area contributed by atoms with Crippen molar-refractivity contribution in [3.05, 3.63) is 36.4 Å². The zero-order valence-corrected chi connectivity index (χ0v) is 20.5. The molecular formula is C24H31FN6O4. The van der Waals surface area contributed by atoms with Crippen LogP contribution in [0.15, 0.2) is 30.6 Å². The second kappa shape index (κ2) is 10.4. The average molecular weight is 487 g/mol. The Hall–Kier alpha value is -3.47. The summed E-state index contributed by atoms with van der Waals surface area (Å²) in [4.78, 5) is 23.0. The molecule has 0 spiro atoms. The van der Waals surface area contributed by atoms with Gasteiger partial charge in [-0.05, 0) is 45.7 Å². The lowest BCUT2D eigenvalue weighted by Crippen LogP contribution is -2.47. The van der Waals surface area contributed by atoms with Gasteiger partial charge in [-0.2, -0.15) is 14.5 Å². The number of amides is 1. The highest BCUT2D eigenvalue weighted by Crippen LogP contribution is 2.29. The van der Waals surface area contributed by atoms with Crippen LogP contribution in [0.2, 0.25) is 0 Å². The summed E-state index contributed by atoms with van der Waals surface area (Å²) in [5.74, 6) is -0.587. The Kier molecular flexibility index (Phi) is 7.34. The SMILES string of the molecule is COCCOc1nc(-c2cnn3ccccc23)nc(N[C@@H]2CCCN(C(=O)OC(C)(C)C)C2)c1F. The highest BCUT2D eigenvalue weighted by atomic mass is 19.1. The molecule has 0 bridgehead atoms. The van der Waals surface area contributed by atoms with E-state index in [0.29, 0.717) is 18.7 Å². The molecule has 1 amide bonds. The number of rotatable bonds is 7. The number of fused-ring (bicyclic) bond motifs is 1. The minimum atomic E-state index is -0.698. The number of nitrogens with zero attached hydrogens (tertiary/aromatic N) is 5. The van der Waals surface area contributed by atoms with Crippen molar-refractivity contribution in [1.82, 2.24) is 24.5 Å². The van der Waals surface area contributed by atoms with Crippen LogP contribution in [0.4, 0.5) is 15.0 Å². The van der Waals surface area contributed by atoms with E-state index in [-0.39, 0.29) is 42.9 Å². The van der Waals surface area contributed by atoms with Gasteiger partial charge in [0.25, 0.3) is 5.88 Å². The van der Waals surface area contributed by atoms with Crippen LogP contribution in [0, 0.1) is 5.82 Å². The fourth-order valence-electron chi connectivity index (χ4n) is 3.85. The van der Waals surface area contributed by atoms with Gasteiger partial charge in [0.05, 0.1) is 23.9 Å². The molecule has 0 saturated carbocycles. The molecule has 1 aliphatic rings. The molecule has 0 aliphatic carbocycles. The molecular weight excluding hydrogens is 455 g/mol. The normalized spacial score (nSPS) is 16.4. The van der Waals surface area contributed by atoms with Gasteiger partial charge in [-0.25, -0.2) is 14.3 Å². The Morgan fingerprint density at radius 2 is 2.09 bits per heavy atom. The van der Waals surface area contributed by atoms with Gasteiger partial charge in [-0.15, -0.1) is 0 Å². The number of methoxy groups -OCH3 is 1. The van der Waals surface area contributed by atoms with E-state index < -0.39 is 11.4 Å². The third kappa shape index (κ3) is 5.97. The maximum absolute atomic E-state index is 15.4. The highest BCUT2D eigenvalue weighted by Gasteiger charge is 2.29. The Balaban J connectivity index is 1.61. The summed E-state index contributed by atoms with van der Waals surface area (Å²) in [7, 11) is 1.54. The van der Waals surface area contributed by atoms with Gasteiger partial charge >= 0.3 is 6.09 Å². The predicted octanol–water partition coefficient (Wildman–Crippen LogP) is 3.77. The van der Waals surface area contributed by atoms with Crippen LogP contribution in [0.5, 0.6) is 5.88 Å². The topological polar surface area (TPSA) is 103 Å². The third-order valence-corrected chi connectivity index (χ3v) is 5.43. The molecule has 0 aromatic carbocycles. The minimum absolute atomic E-state index is 0.00809. The predicted molar refractivity (Wildman–Crippen MR) is 128 cm³/mol. The van der Waals surface area contributed by atoms with E-state index in [1.807, 2.05) is 45.2 Å². The summed E-state index contributed by atoms with van der Waals surface area (Å²) in [6.45, 7) is 6.85. The van der Waals surface area contributed by atoms with Crippen molar-refractivity contribution in [3.8, 4) is 17.3 Å². The third-order valence-electron chi connectivity index (χ3n) is 5.43. The van der Waals surface area contributed by atoms with Crippen LogP contribution in [-0.2, 0) is 9.47 Å². The molecule has 1 saturated heterocycles. The number of ether oxygens (including phenoxy) is 3. The van der Waals surface area contributed by atoms with Gasteiger partial charge in [0.2, 0.25) is 5.82 Å². The molecule has 35 heavy (non-hydrogen) atoms. The van der Waals surface area contributed by atoms with Gasteiger partial charge in [0.1, 0.15) is 12.2 Å². The second-order valence-electron chi connectivity index (χ2n) is 9.35. The average Bonchev–Trinajstić information content (AvgIpc) is 3.25. The van der Waals surface area contributed by atoms with Gasteiger partial charge in [-0.3, -0.25) is 0 Å². The van der Waals surface area contributed by atoms with Gasteiger partial charge in [0.15, 0.2) is 11.6 Å². The molecule has 188 valence electrons. The summed E-state index contributed by atoms with van der Waals surface area (Å²) in [6, 6.07) is 5.41. The molecule has 4 heterocycles. The maximum Gasteiger partial charge on any atom is 0.410 e. The van der Waals surface area contributed by atoms with E-state index >= 15 is 4.39 Å². The Morgan fingerprint density at radius 3 is 2.86 bits per heavy atom. The molecule has 10 nitrogen and oxygen atoms in total. The molecule has 1 N–H and O–H groups in total. The minimum Gasteiger partial charge on any atom is -0.473 e. The number of halogens is 1. The molecule has 0 unspecified atom stereocenters. The van der Waals surface area contributed by atoms with Crippen LogP contribution in [-0.4, -0.2) is 75.6 Å². The summed E-state index contributed by atoms with van der Waals surface area (Å²) in [6.07, 6.45) is 4.56. The number of likely N-dealkylation sites (tertiary alicyclic amines) is 1. The van der Waals surface area contributed by atoms with Crippen molar-refractivity contribution in [3.63, 3.8) is 0 Å². The lowest BCUT2D eigenvalue weighted by molar-refractivity contribution is 0.0206. The number of aromatic nitrogens is 4. The van der Waals surface area contributed by atoms with Crippen molar-refractivity contribution in [2.45, 2.75) is 45.3 Å². The monoisotopic (exact) mass is 486 g/mol. The molecule has 11 heteroatoms. The zero-order valence-electron chi connectivity index (χ0n) is 20.5. The van der Waals surface area contributed by atoms with Crippen LogP contribution in [0.1, 0.15) is 33.6 Å². The molecule has 1 aliphatic heterocycles. The fourth-order valence-corrected chi connectivity index (χ4v) is 3.85. The van der Waals surface area contributed by atoms with Crippen molar-refractivity contribution < 1.29 is 23.4 Å². The first-order chi connectivity index (χ1) is 16.7. The Morgan fingerprint density at radius 1 is 1.26 bits per heavy atom. The van der Waals surface area contributed by atoms with E-state index in [4.69, 9.17) is 14.2 Å². The lowest BCUT2D eigenvalue weighted by Gasteiger charge is -2.34. The zero-order chi connectivity index (χ0) is 25.0. The molecule has 0 radical (unpaired) electrons. The molecule has 1 fully saturated rings. The number of nitrogens with one attached hydrogen (secondary N) is 1. The molecule has 4 rings (SSSR count). The molecule has 1 atom stereocenters. The van der Waals surface area contributed by atoms with Crippen LogP contribution in [0.25, 0.3) is 16.9 Å². The number of hydrogen-bond donors (Lipinski definition) is 1. The van der Waals surface area contributed by atoms with Gasteiger partial charge < -0.3 is 24.4 Å². The van der Waals surface area contributed by atoms with E-state index in [1.54, 1.807) is 15.6 Å². The van der Waals surface area contributed by atoms with Gasteiger partial charge in [-0.1, -0.05) is 6.07 Å². The molecule has 3 aromatic rings. The first-order valence-corrected chi connectivity index (χ1v) is 11.6. The van der Waals surface area contributed by atoms with E-state index in [9.17, 15) is 4.79 Å². The van der Waals surface area contributed by atoms with Gasteiger partial charge in [0, 0.05) is 32.4 Å². The quantitative estimate of drug-likeness (QED) is 0.504. The summed E-state index contributed by atoms with van der Waals surface area (Å²) in [5.41, 5.74) is 0.833. The Labute approximate surface area is 203 Å².